The molecule has 4 nitrogen and oxygen atoms in total. The smallest absolute Gasteiger partial charge is 0.246 e. The van der Waals surface area contributed by atoms with Crippen LogP contribution in [0.2, 0.25) is 0 Å². The van der Waals surface area contributed by atoms with Crippen LogP contribution in [0.25, 0.3) is 0 Å². The van der Waals surface area contributed by atoms with Crippen molar-refractivity contribution in [3.63, 3.8) is 0 Å². The summed E-state index contributed by atoms with van der Waals surface area (Å²) in [4.78, 5) is 22.9. The first-order valence-electron chi connectivity index (χ1n) is 5.74. The number of nitrogens with one attached hydrogen (secondary N) is 2. The second kappa shape index (κ2) is 4.57. The SMILES string of the molecule is Cc1ccc(C)c(NC(=O)C2CCC(=O)N2)c1. The van der Waals surface area contributed by atoms with Crippen molar-refractivity contribution in [2.75, 3.05) is 5.32 Å². The Morgan fingerprint density at radius 2 is 2.18 bits per heavy atom. The second-order valence-corrected chi connectivity index (χ2v) is 4.47. The molecule has 0 aromatic heterocycles. The molecule has 0 radical (unpaired) electrons. The van der Waals surface area contributed by atoms with Crippen LogP contribution in [-0.4, -0.2) is 17.9 Å². The van der Waals surface area contributed by atoms with Gasteiger partial charge < -0.3 is 10.6 Å². The normalized spacial score (nSPS) is 18.9. The molecule has 0 saturated carbocycles. The van der Waals surface area contributed by atoms with E-state index in [1.807, 2.05) is 32.0 Å². The third-order valence-corrected chi connectivity index (χ3v) is 2.96. The molecule has 1 aliphatic rings. The quantitative estimate of drug-likeness (QED) is 0.812. The number of carbonyl (C=O) groups excluding carboxylic acids is 2. The number of benzene rings is 1. The Labute approximate surface area is 100 Å². The van der Waals surface area contributed by atoms with Crippen molar-refractivity contribution in [2.45, 2.75) is 32.7 Å². The molecule has 90 valence electrons. The first-order valence-corrected chi connectivity index (χ1v) is 5.74. The molecule has 1 aromatic carbocycles. The topological polar surface area (TPSA) is 58.2 Å². The highest BCUT2D eigenvalue weighted by atomic mass is 16.2. The van der Waals surface area contributed by atoms with Gasteiger partial charge in [-0.05, 0) is 37.5 Å². The van der Waals surface area contributed by atoms with Crippen LogP contribution in [0.3, 0.4) is 0 Å². The van der Waals surface area contributed by atoms with Crippen molar-refractivity contribution in [1.29, 1.82) is 0 Å². The van der Waals surface area contributed by atoms with Gasteiger partial charge in [0.2, 0.25) is 11.8 Å². The van der Waals surface area contributed by atoms with Gasteiger partial charge in [0.05, 0.1) is 0 Å². The predicted octanol–water partition coefficient (Wildman–Crippen LogP) is 1.52. The molecule has 0 aliphatic carbocycles. The average molecular weight is 232 g/mol. The van der Waals surface area contributed by atoms with Gasteiger partial charge in [-0.15, -0.1) is 0 Å². The Bertz CT molecular complexity index is 468. The maximum atomic E-state index is 11.9. The molecule has 1 fully saturated rings. The fourth-order valence-corrected chi connectivity index (χ4v) is 1.90. The number of aryl methyl sites for hydroxylation is 2. The van der Waals surface area contributed by atoms with E-state index < -0.39 is 0 Å². The summed E-state index contributed by atoms with van der Waals surface area (Å²) in [6, 6.07) is 5.52. The molecule has 0 bridgehead atoms. The summed E-state index contributed by atoms with van der Waals surface area (Å²) >= 11 is 0. The first-order chi connectivity index (χ1) is 8.06. The van der Waals surface area contributed by atoms with Gasteiger partial charge in [-0.25, -0.2) is 0 Å². The van der Waals surface area contributed by atoms with Gasteiger partial charge in [0, 0.05) is 12.1 Å². The van der Waals surface area contributed by atoms with E-state index in [-0.39, 0.29) is 17.9 Å². The van der Waals surface area contributed by atoms with E-state index in [1.165, 1.54) is 0 Å². The molecule has 1 aliphatic heterocycles. The van der Waals surface area contributed by atoms with Crippen LogP contribution in [0.1, 0.15) is 24.0 Å². The molecule has 1 heterocycles. The number of anilines is 1. The van der Waals surface area contributed by atoms with Crippen LogP contribution in [0.15, 0.2) is 18.2 Å². The first kappa shape index (κ1) is 11.6. The van der Waals surface area contributed by atoms with E-state index in [0.717, 1.165) is 16.8 Å². The zero-order chi connectivity index (χ0) is 12.4. The molecule has 1 saturated heterocycles. The Hall–Kier alpha value is -1.84. The Morgan fingerprint density at radius 1 is 1.41 bits per heavy atom. The molecule has 2 rings (SSSR count). The minimum Gasteiger partial charge on any atom is -0.344 e. The summed E-state index contributed by atoms with van der Waals surface area (Å²) in [6.07, 6.45) is 1.01. The van der Waals surface area contributed by atoms with Gasteiger partial charge in [0.15, 0.2) is 0 Å². The lowest BCUT2D eigenvalue weighted by Gasteiger charge is -2.13. The zero-order valence-corrected chi connectivity index (χ0v) is 10.0. The number of carbonyl (C=O) groups is 2. The van der Waals surface area contributed by atoms with E-state index >= 15 is 0 Å². The van der Waals surface area contributed by atoms with E-state index in [2.05, 4.69) is 10.6 Å². The largest absolute Gasteiger partial charge is 0.344 e. The summed E-state index contributed by atoms with van der Waals surface area (Å²) in [7, 11) is 0. The van der Waals surface area contributed by atoms with Gasteiger partial charge in [-0.3, -0.25) is 9.59 Å². The lowest BCUT2D eigenvalue weighted by Crippen LogP contribution is -2.37. The monoisotopic (exact) mass is 232 g/mol. The fourth-order valence-electron chi connectivity index (χ4n) is 1.90. The van der Waals surface area contributed by atoms with Gasteiger partial charge in [-0.2, -0.15) is 0 Å². The second-order valence-electron chi connectivity index (χ2n) is 4.47. The summed E-state index contributed by atoms with van der Waals surface area (Å²) in [5.41, 5.74) is 2.94. The minimum absolute atomic E-state index is 0.0499. The standard InChI is InChI=1S/C13H16N2O2/c1-8-3-4-9(2)11(7-8)15-13(17)10-5-6-12(16)14-10/h3-4,7,10H,5-6H2,1-2H3,(H,14,16)(H,15,17). The lowest BCUT2D eigenvalue weighted by atomic mass is 10.1. The number of hydrogen-bond donors (Lipinski definition) is 2. The van der Waals surface area contributed by atoms with Crippen molar-refractivity contribution in [1.82, 2.24) is 5.32 Å². The highest BCUT2D eigenvalue weighted by Crippen LogP contribution is 2.17. The Morgan fingerprint density at radius 3 is 2.82 bits per heavy atom. The summed E-state index contributed by atoms with van der Waals surface area (Å²) in [5, 5.41) is 5.52. The van der Waals surface area contributed by atoms with Crippen molar-refractivity contribution in [3.05, 3.63) is 29.3 Å². The van der Waals surface area contributed by atoms with E-state index in [4.69, 9.17) is 0 Å². The number of hydrogen-bond acceptors (Lipinski definition) is 2. The Balaban J connectivity index is 2.07. The Kier molecular flexibility index (Phi) is 3.13. The van der Waals surface area contributed by atoms with Crippen molar-refractivity contribution in [3.8, 4) is 0 Å². The van der Waals surface area contributed by atoms with Crippen molar-refractivity contribution < 1.29 is 9.59 Å². The summed E-state index contributed by atoms with van der Waals surface area (Å²) < 4.78 is 0. The van der Waals surface area contributed by atoms with Crippen molar-refractivity contribution >= 4 is 17.5 Å². The zero-order valence-electron chi connectivity index (χ0n) is 10.0. The molecule has 1 unspecified atom stereocenters. The maximum Gasteiger partial charge on any atom is 0.246 e. The third kappa shape index (κ3) is 2.64. The number of amides is 2. The van der Waals surface area contributed by atoms with Crippen LogP contribution in [0.4, 0.5) is 5.69 Å². The molecule has 1 atom stereocenters. The molecule has 17 heavy (non-hydrogen) atoms. The van der Waals surface area contributed by atoms with Crippen LogP contribution >= 0.6 is 0 Å². The lowest BCUT2D eigenvalue weighted by molar-refractivity contribution is -0.122. The van der Waals surface area contributed by atoms with Gasteiger partial charge in [0.25, 0.3) is 0 Å². The molecular weight excluding hydrogens is 216 g/mol. The molecular formula is C13H16N2O2. The van der Waals surface area contributed by atoms with Crippen LogP contribution in [-0.2, 0) is 9.59 Å². The van der Waals surface area contributed by atoms with Crippen LogP contribution in [0.5, 0.6) is 0 Å². The molecule has 2 amide bonds. The number of rotatable bonds is 2. The van der Waals surface area contributed by atoms with Gasteiger partial charge in [0.1, 0.15) is 6.04 Å². The predicted molar refractivity (Wildman–Crippen MR) is 65.7 cm³/mol. The van der Waals surface area contributed by atoms with Crippen LogP contribution < -0.4 is 10.6 Å². The van der Waals surface area contributed by atoms with Gasteiger partial charge in [-0.1, -0.05) is 12.1 Å². The highest BCUT2D eigenvalue weighted by molar-refractivity contribution is 5.99. The fraction of sp³-hybridized carbons (Fsp3) is 0.385. The van der Waals surface area contributed by atoms with Crippen LogP contribution in [0, 0.1) is 13.8 Å². The van der Waals surface area contributed by atoms with E-state index in [0.29, 0.717) is 12.8 Å². The molecule has 2 N–H and O–H groups in total. The molecule has 1 aromatic rings. The van der Waals surface area contributed by atoms with Gasteiger partial charge >= 0.3 is 0 Å². The van der Waals surface area contributed by atoms with E-state index in [9.17, 15) is 9.59 Å². The highest BCUT2D eigenvalue weighted by Gasteiger charge is 2.27. The molecule has 0 spiro atoms. The van der Waals surface area contributed by atoms with Crippen molar-refractivity contribution in [2.24, 2.45) is 0 Å². The summed E-state index contributed by atoms with van der Waals surface area (Å²) in [6.45, 7) is 3.93. The average Bonchev–Trinajstić information content (AvgIpc) is 2.70. The molecule has 4 heteroatoms. The minimum atomic E-state index is -0.387. The third-order valence-electron chi connectivity index (χ3n) is 2.96. The van der Waals surface area contributed by atoms with E-state index in [1.54, 1.807) is 0 Å². The summed E-state index contributed by atoms with van der Waals surface area (Å²) in [5.74, 6) is -0.185. The maximum absolute atomic E-state index is 11.9.